The summed E-state index contributed by atoms with van der Waals surface area (Å²) in [5.41, 5.74) is 2.67. The highest BCUT2D eigenvalue weighted by Crippen LogP contribution is 2.28. The fourth-order valence-corrected chi connectivity index (χ4v) is 3.01. The molecule has 3 aromatic rings. The topological polar surface area (TPSA) is 78.9 Å². The van der Waals surface area contributed by atoms with Gasteiger partial charge in [-0.3, -0.25) is 4.79 Å². The van der Waals surface area contributed by atoms with Gasteiger partial charge in [-0.2, -0.15) is 0 Å². The number of ether oxygens (including phenoxy) is 3. The van der Waals surface area contributed by atoms with Crippen molar-refractivity contribution in [2.24, 2.45) is 0 Å². The third kappa shape index (κ3) is 7.24. The SMILES string of the molecule is C=C(C)C(=O)Oc1ccc(CCC(=O)Oc2ccc(-c3ccc(OC(=O)C(=C)C)cc3)cc2F)cc1. The predicted octanol–water partition coefficient (Wildman–Crippen LogP) is 5.99. The molecule has 3 rings (SSSR count). The molecule has 0 fully saturated rings. The maximum absolute atomic E-state index is 14.6. The van der Waals surface area contributed by atoms with Crippen molar-refractivity contribution < 1.29 is 33.0 Å². The Morgan fingerprint density at radius 1 is 0.722 bits per heavy atom. The van der Waals surface area contributed by atoms with E-state index in [1.807, 2.05) is 0 Å². The zero-order valence-corrected chi connectivity index (χ0v) is 20.0. The predicted molar refractivity (Wildman–Crippen MR) is 133 cm³/mol. The zero-order chi connectivity index (χ0) is 26.2. The molecule has 6 nitrogen and oxygen atoms in total. The van der Waals surface area contributed by atoms with Gasteiger partial charge in [0.1, 0.15) is 11.5 Å². The van der Waals surface area contributed by atoms with Crippen LogP contribution in [0.1, 0.15) is 25.8 Å². The second-order valence-electron chi connectivity index (χ2n) is 8.13. The molecular formula is C29H25FO6. The largest absolute Gasteiger partial charge is 0.423 e. The lowest BCUT2D eigenvalue weighted by molar-refractivity contribution is -0.134. The van der Waals surface area contributed by atoms with E-state index in [9.17, 15) is 18.8 Å². The first-order valence-corrected chi connectivity index (χ1v) is 11.1. The van der Waals surface area contributed by atoms with Gasteiger partial charge in [-0.25, -0.2) is 14.0 Å². The van der Waals surface area contributed by atoms with Gasteiger partial charge in [0.05, 0.1) is 0 Å². The fraction of sp³-hybridized carbons (Fsp3) is 0.138. The first-order chi connectivity index (χ1) is 17.1. The van der Waals surface area contributed by atoms with E-state index in [0.717, 1.165) is 5.56 Å². The lowest BCUT2D eigenvalue weighted by atomic mass is 10.1. The van der Waals surface area contributed by atoms with Gasteiger partial charge in [-0.05, 0) is 73.4 Å². The molecule has 3 aromatic carbocycles. The maximum atomic E-state index is 14.6. The van der Waals surface area contributed by atoms with Crippen LogP contribution in [0.15, 0.2) is 91.0 Å². The van der Waals surface area contributed by atoms with Crippen molar-refractivity contribution in [1.29, 1.82) is 0 Å². The molecule has 0 saturated carbocycles. The number of benzene rings is 3. The van der Waals surface area contributed by atoms with Crippen molar-refractivity contribution in [3.05, 3.63) is 102 Å². The number of carbonyl (C=O) groups is 3. The minimum absolute atomic E-state index is 0.0382. The zero-order valence-electron chi connectivity index (χ0n) is 20.0. The normalized spacial score (nSPS) is 10.3. The Morgan fingerprint density at radius 2 is 1.22 bits per heavy atom. The summed E-state index contributed by atoms with van der Waals surface area (Å²) in [6.07, 6.45) is 0.409. The third-order valence-electron chi connectivity index (χ3n) is 5.00. The van der Waals surface area contributed by atoms with Gasteiger partial charge in [0.2, 0.25) is 0 Å². The number of esters is 3. The monoisotopic (exact) mass is 488 g/mol. The summed E-state index contributed by atoms with van der Waals surface area (Å²) in [5, 5.41) is 0. The van der Waals surface area contributed by atoms with E-state index in [-0.39, 0.29) is 17.7 Å². The smallest absolute Gasteiger partial charge is 0.338 e. The molecule has 0 aliphatic heterocycles. The molecule has 0 saturated heterocycles. The Kier molecular flexibility index (Phi) is 8.52. The highest BCUT2D eigenvalue weighted by molar-refractivity contribution is 5.89. The van der Waals surface area contributed by atoms with Crippen LogP contribution in [0.25, 0.3) is 11.1 Å². The van der Waals surface area contributed by atoms with Gasteiger partial charge in [0.15, 0.2) is 11.6 Å². The summed E-state index contributed by atoms with van der Waals surface area (Å²) in [6.45, 7) is 10.2. The van der Waals surface area contributed by atoms with E-state index in [4.69, 9.17) is 14.2 Å². The summed E-state index contributed by atoms with van der Waals surface area (Å²) in [7, 11) is 0. The molecule has 0 atom stereocenters. The molecule has 0 N–H and O–H groups in total. The van der Waals surface area contributed by atoms with Gasteiger partial charge in [0.25, 0.3) is 0 Å². The van der Waals surface area contributed by atoms with Crippen LogP contribution in [-0.2, 0) is 20.8 Å². The first-order valence-electron chi connectivity index (χ1n) is 11.1. The molecule has 36 heavy (non-hydrogen) atoms. The van der Waals surface area contributed by atoms with Crippen LogP contribution in [0.4, 0.5) is 4.39 Å². The van der Waals surface area contributed by atoms with Crippen molar-refractivity contribution in [2.75, 3.05) is 0 Å². The summed E-state index contributed by atoms with van der Waals surface area (Å²) < 4.78 is 30.1. The van der Waals surface area contributed by atoms with Gasteiger partial charge in [-0.1, -0.05) is 43.5 Å². The van der Waals surface area contributed by atoms with Gasteiger partial charge < -0.3 is 14.2 Å². The Balaban J connectivity index is 1.55. The Morgan fingerprint density at radius 3 is 1.72 bits per heavy atom. The molecule has 184 valence electrons. The molecular weight excluding hydrogens is 463 g/mol. The lowest BCUT2D eigenvalue weighted by Gasteiger charge is -2.09. The molecule has 7 heteroatoms. The third-order valence-corrected chi connectivity index (χ3v) is 5.00. The second kappa shape index (κ2) is 11.8. The minimum Gasteiger partial charge on any atom is -0.423 e. The van der Waals surface area contributed by atoms with E-state index >= 15 is 0 Å². The Hall–Kier alpha value is -4.52. The average Bonchev–Trinajstić information content (AvgIpc) is 2.85. The van der Waals surface area contributed by atoms with Crippen LogP contribution in [0.2, 0.25) is 0 Å². The van der Waals surface area contributed by atoms with Crippen molar-refractivity contribution in [1.82, 2.24) is 0 Å². The lowest BCUT2D eigenvalue weighted by Crippen LogP contribution is -2.10. The van der Waals surface area contributed by atoms with E-state index < -0.39 is 23.7 Å². The standard InChI is InChI=1S/C29H25FO6/c1-18(2)28(32)34-23-11-5-20(6-12-23)7-16-27(31)36-26-15-10-22(17-25(26)30)21-8-13-24(14-9-21)35-29(33)19(3)4/h5-6,8-15,17H,1,3,7,16H2,2,4H3. The van der Waals surface area contributed by atoms with Crippen molar-refractivity contribution in [3.63, 3.8) is 0 Å². The van der Waals surface area contributed by atoms with E-state index in [0.29, 0.717) is 34.6 Å². The van der Waals surface area contributed by atoms with E-state index in [2.05, 4.69) is 13.2 Å². The summed E-state index contributed by atoms with van der Waals surface area (Å²) in [5.74, 6) is -1.75. The van der Waals surface area contributed by atoms with Crippen molar-refractivity contribution >= 4 is 17.9 Å². The Bertz CT molecular complexity index is 1310. The van der Waals surface area contributed by atoms with Crippen LogP contribution in [0.3, 0.4) is 0 Å². The quantitative estimate of drug-likeness (QED) is 0.209. The van der Waals surface area contributed by atoms with Crippen LogP contribution < -0.4 is 14.2 Å². The molecule has 0 aliphatic rings. The second-order valence-corrected chi connectivity index (χ2v) is 8.13. The number of rotatable bonds is 9. The molecule has 0 heterocycles. The molecule has 0 amide bonds. The Labute approximate surface area is 208 Å². The number of hydrogen-bond acceptors (Lipinski definition) is 6. The van der Waals surface area contributed by atoms with Gasteiger partial charge in [0, 0.05) is 17.6 Å². The van der Waals surface area contributed by atoms with Crippen molar-refractivity contribution in [3.8, 4) is 28.4 Å². The molecule has 0 aliphatic carbocycles. The maximum Gasteiger partial charge on any atom is 0.338 e. The number of hydrogen-bond donors (Lipinski definition) is 0. The summed E-state index contributed by atoms with van der Waals surface area (Å²) in [4.78, 5) is 35.4. The number of aryl methyl sites for hydroxylation is 1. The van der Waals surface area contributed by atoms with E-state index in [1.54, 1.807) is 68.4 Å². The summed E-state index contributed by atoms with van der Waals surface area (Å²) in [6, 6.07) is 17.6. The van der Waals surface area contributed by atoms with Crippen LogP contribution in [0, 0.1) is 5.82 Å². The molecule has 0 aromatic heterocycles. The highest BCUT2D eigenvalue weighted by atomic mass is 19.1. The first kappa shape index (κ1) is 26.1. The molecule has 0 spiro atoms. The van der Waals surface area contributed by atoms with Crippen molar-refractivity contribution in [2.45, 2.75) is 26.7 Å². The minimum atomic E-state index is -0.678. The summed E-state index contributed by atoms with van der Waals surface area (Å²) >= 11 is 0. The van der Waals surface area contributed by atoms with Gasteiger partial charge in [-0.15, -0.1) is 0 Å². The fourth-order valence-electron chi connectivity index (χ4n) is 3.01. The highest BCUT2D eigenvalue weighted by Gasteiger charge is 2.13. The number of halogens is 1. The molecule has 0 bridgehead atoms. The average molecular weight is 489 g/mol. The van der Waals surface area contributed by atoms with Crippen LogP contribution >= 0.6 is 0 Å². The molecule has 0 unspecified atom stereocenters. The van der Waals surface area contributed by atoms with Gasteiger partial charge >= 0.3 is 17.9 Å². The molecule has 0 radical (unpaired) electrons. The van der Waals surface area contributed by atoms with Crippen LogP contribution in [0.5, 0.6) is 17.2 Å². The van der Waals surface area contributed by atoms with E-state index in [1.165, 1.54) is 12.1 Å². The number of carbonyl (C=O) groups excluding carboxylic acids is 3. The van der Waals surface area contributed by atoms with Crippen LogP contribution in [-0.4, -0.2) is 17.9 Å².